The van der Waals surface area contributed by atoms with Gasteiger partial charge in [0, 0.05) is 37.6 Å². The van der Waals surface area contributed by atoms with E-state index in [9.17, 15) is 9.18 Å². The van der Waals surface area contributed by atoms with Crippen LogP contribution in [0.1, 0.15) is 12.0 Å². The highest BCUT2D eigenvalue weighted by atomic mass is 19.1. The number of rotatable bonds is 5. The van der Waals surface area contributed by atoms with E-state index in [-0.39, 0.29) is 17.8 Å². The number of pyridine rings is 1. The third-order valence-electron chi connectivity index (χ3n) is 3.83. The van der Waals surface area contributed by atoms with Crippen LogP contribution in [0.15, 0.2) is 48.8 Å². The molecule has 0 bridgehead atoms. The van der Waals surface area contributed by atoms with Crippen LogP contribution in [-0.2, 0) is 11.2 Å². The molecular weight excluding hydrogens is 281 g/mol. The Morgan fingerprint density at radius 3 is 2.55 bits per heavy atom. The van der Waals surface area contributed by atoms with E-state index in [1.165, 1.54) is 12.1 Å². The molecule has 3 rings (SSSR count). The Bertz CT molecular complexity index is 624. The Labute approximate surface area is 129 Å². The van der Waals surface area contributed by atoms with Gasteiger partial charge in [0.25, 0.3) is 0 Å². The van der Waals surface area contributed by atoms with Crippen molar-refractivity contribution >= 4 is 11.6 Å². The monoisotopic (exact) mass is 299 g/mol. The summed E-state index contributed by atoms with van der Waals surface area (Å²) in [5.74, 6) is -0.0685. The number of carbonyl (C=O) groups excluding carboxylic acids is 1. The second kappa shape index (κ2) is 6.56. The Balaban J connectivity index is 1.41. The fraction of sp³-hybridized carbons (Fsp3) is 0.294. The van der Waals surface area contributed by atoms with Crippen molar-refractivity contribution in [3.63, 3.8) is 0 Å². The van der Waals surface area contributed by atoms with Crippen LogP contribution in [0.25, 0.3) is 0 Å². The molecule has 1 N–H and O–H groups in total. The van der Waals surface area contributed by atoms with Gasteiger partial charge in [-0.25, -0.2) is 4.39 Å². The number of amides is 1. The second-order valence-corrected chi connectivity index (χ2v) is 5.50. The number of aromatic nitrogens is 1. The molecule has 1 aliphatic rings. The molecule has 5 heteroatoms. The molecule has 0 spiro atoms. The van der Waals surface area contributed by atoms with Gasteiger partial charge < -0.3 is 10.2 Å². The molecule has 114 valence electrons. The smallest absolute Gasteiger partial charge is 0.223 e. The largest absolute Gasteiger partial charge is 0.379 e. The standard InChI is InChI=1S/C17H18FN3O/c18-14-2-4-15(5-3-14)20-16-11-21(12-16)17(22)6-1-13-7-9-19-10-8-13/h2-5,7-10,16,20H,1,6,11-12H2. The first-order chi connectivity index (χ1) is 10.7. The minimum atomic E-state index is -0.243. The molecule has 0 unspecified atom stereocenters. The number of carbonyl (C=O) groups is 1. The maximum absolute atomic E-state index is 12.8. The van der Waals surface area contributed by atoms with Crippen molar-refractivity contribution in [2.24, 2.45) is 0 Å². The predicted molar refractivity (Wildman–Crippen MR) is 82.9 cm³/mol. The highest BCUT2D eigenvalue weighted by Gasteiger charge is 2.29. The molecule has 1 aromatic carbocycles. The lowest BCUT2D eigenvalue weighted by Gasteiger charge is -2.40. The van der Waals surface area contributed by atoms with Crippen LogP contribution >= 0.6 is 0 Å². The zero-order valence-electron chi connectivity index (χ0n) is 12.2. The van der Waals surface area contributed by atoms with E-state index >= 15 is 0 Å². The van der Waals surface area contributed by atoms with Crippen LogP contribution in [-0.4, -0.2) is 34.9 Å². The van der Waals surface area contributed by atoms with E-state index in [1.807, 2.05) is 17.0 Å². The number of aryl methyl sites for hydroxylation is 1. The number of halogens is 1. The van der Waals surface area contributed by atoms with Gasteiger partial charge in [-0.2, -0.15) is 0 Å². The SMILES string of the molecule is O=C(CCc1ccncc1)N1CC(Nc2ccc(F)cc2)C1. The van der Waals surface area contributed by atoms with Gasteiger partial charge in [0.2, 0.25) is 5.91 Å². The first kappa shape index (κ1) is 14.5. The third kappa shape index (κ3) is 3.61. The fourth-order valence-corrected chi connectivity index (χ4v) is 2.51. The quantitative estimate of drug-likeness (QED) is 0.922. The Morgan fingerprint density at radius 2 is 1.86 bits per heavy atom. The molecule has 0 saturated carbocycles. The summed E-state index contributed by atoms with van der Waals surface area (Å²) in [4.78, 5) is 17.9. The average molecular weight is 299 g/mol. The molecular formula is C17H18FN3O. The molecule has 1 aliphatic heterocycles. The average Bonchev–Trinajstić information content (AvgIpc) is 2.51. The van der Waals surface area contributed by atoms with Crippen LogP contribution in [0.3, 0.4) is 0 Å². The molecule has 1 amide bonds. The van der Waals surface area contributed by atoms with E-state index in [2.05, 4.69) is 10.3 Å². The van der Waals surface area contributed by atoms with Gasteiger partial charge in [-0.15, -0.1) is 0 Å². The first-order valence-electron chi connectivity index (χ1n) is 7.39. The Hall–Kier alpha value is -2.43. The number of hydrogen-bond donors (Lipinski definition) is 1. The van der Waals surface area contributed by atoms with Gasteiger partial charge >= 0.3 is 0 Å². The van der Waals surface area contributed by atoms with Crippen LogP contribution in [0, 0.1) is 5.82 Å². The summed E-state index contributed by atoms with van der Waals surface area (Å²) in [7, 11) is 0. The summed E-state index contributed by atoms with van der Waals surface area (Å²) in [6.07, 6.45) is 4.75. The number of anilines is 1. The van der Waals surface area contributed by atoms with E-state index in [0.29, 0.717) is 19.5 Å². The molecule has 4 nitrogen and oxygen atoms in total. The van der Waals surface area contributed by atoms with Crippen molar-refractivity contribution in [2.45, 2.75) is 18.9 Å². The summed E-state index contributed by atoms with van der Waals surface area (Å²) >= 11 is 0. The number of likely N-dealkylation sites (tertiary alicyclic amines) is 1. The lowest BCUT2D eigenvalue weighted by atomic mass is 10.1. The van der Waals surface area contributed by atoms with Gasteiger partial charge in [0.1, 0.15) is 5.82 Å². The van der Waals surface area contributed by atoms with Crippen molar-refractivity contribution in [3.05, 3.63) is 60.2 Å². The molecule has 1 aromatic heterocycles. The van der Waals surface area contributed by atoms with Gasteiger partial charge in [-0.1, -0.05) is 0 Å². The molecule has 2 heterocycles. The molecule has 22 heavy (non-hydrogen) atoms. The number of benzene rings is 1. The summed E-state index contributed by atoms with van der Waals surface area (Å²) in [5.41, 5.74) is 2.01. The first-order valence-corrected chi connectivity index (χ1v) is 7.39. The molecule has 2 aromatic rings. The molecule has 1 saturated heterocycles. The van der Waals surface area contributed by atoms with Gasteiger partial charge in [-0.05, 0) is 48.4 Å². The highest BCUT2D eigenvalue weighted by molar-refractivity contribution is 5.77. The van der Waals surface area contributed by atoms with Crippen molar-refractivity contribution in [1.82, 2.24) is 9.88 Å². The Morgan fingerprint density at radius 1 is 1.18 bits per heavy atom. The van der Waals surface area contributed by atoms with Gasteiger partial charge in [0.15, 0.2) is 0 Å². The minimum Gasteiger partial charge on any atom is -0.379 e. The zero-order valence-corrected chi connectivity index (χ0v) is 12.2. The maximum atomic E-state index is 12.8. The summed E-state index contributed by atoms with van der Waals surface area (Å²) in [5, 5.41) is 3.30. The fourth-order valence-electron chi connectivity index (χ4n) is 2.51. The van der Waals surface area contributed by atoms with Crippen molar-refractivity contribution in [3.8, 4) is 0 Å². The summed E-state index contributed by atoms with van der Waals surface area (Å²) in [6, 6.07) is 10.4. The number of hydrogen-bond acceptors (Lipinski definition) is 3. The highest BCUT2D eigenvalue weighted by Crippen LogP contribution is 2.17. The number of nitrogens with zero attached hydrogens (tertiary/aromatic N) is 2. The number of nitrogens with one attached hydrogen (secondary N) is 1. The normalized spacial score (nSPS) is 14.5. The Kier molecular flexibility index (Phi) is 4.32. The second-order valence-electron chi connectivity index (χ2n) is 5.50. The van der Waals surface area contributed by atoms with Crippen molar-refractivity contribution in [1.29, 1.82) is 0 Å². The van der Waals surface area contributed by atoms with E-state index in [0.717, 1.165) is 17.7 Å². The molecule has 0 atom stereocenters. The van der Waals surface area contributed by atoms with Crippen LogP contribution < -0.4 is 5.32 Å². The van der Waals surface area contributed by atoms with Crippen LogP contribution in [0.4, 0.5) is 10.1 Å². The van der Waals surface area contributed by atoms with Gasteiger partial charge in [-0.3, -0.25) is 9.78 Å². The van der Waals surface area contributed by atoms with E-state index in [4.69, 9.17) is 0 Å². The van der Waals surface area contributed by atoms with E-state index < -0.39 is 0 Å². The summed E-state index contributed by atoms with van der Waals surface area (Å²) in [6.45, 7) is 1.40. The topological polar surface area (TPSA) is 45.2 Å². The lowest BCUT2D eigenvalue weighted by molar-refractivity contribution is -0.135. The lowest BCUT2D eigenvalue weighted by Crippen LogP contribution is -2.57. The molecule has 1 fully saturated rings. The molecule has 0 radical (unpaired) electrons. The third-order valence-corrected chi connectivity index (χ3v) is 3.83. The van der Waals surface area contributed by atoms with Crippen molar-refractivity contribution in [2.75, 3.05) is 18.4 Å². The maximum Gasteiger partial charge on any atom is 0.223 e. The van der Waals surface area contributed by atoms with E-state index in [1.54, 1.807) is 24.5 Å². The minimum absolute atomic E-state index is 0.175. The molecule has 0 aliphatic carbocycles. The zero-order chi connectivity index (χ0) is 15.4. The van der Waals surface area contributed by atoms with Gasteiger partial charge in [0.05, 0.1) is 6.04 Å². The van der Waals surface area contributed by atoms with Crippen molar-refractivity contribution < 1.29 is 9.18 Å². The summed E-state index contributed by atoms with van der Waals surface area (Å²) < 4.78 is 12.8. The van der Waals surface area contributed by atoms with Crippen LogP contribution in [0.5, 0.6) is 0 Å². The van der Waals surface area contributed by atoms with Crippen LogP contribution in [0.2, 0.25) is 0 Å². The predicted octanol–water partition coefficient (Wildman–Crippen LogP) is 2.48.